The molecule has 0 spiro atoms. The smallest absolute Gasteiger partial charge is 0.252 e. The zero-order valence-corrected chi connectivity index (χ0v) is 19.6. The largest absolute Gasteiger partial charge is 0.380 e. The molecule has 2 aromatic heterocycles. The minimum Gasteiger partial charge on any atom is -0.380 e. The van der Waals surface area contributed by atoms with Gasteiger partial charge in [-0.3, -0.25) is 14.3 Å². The standard InChI is InChI=1S/C25H31N7O2/c1-3-24(33)32-10-8-19(9-11-32)18-4-6-20(7-5-18)30-23-12-22(21(15-28-23)25(26)34)27-13-17-14-29-31(2)16-17/h4-7,12,14-16,19H,3,8-11,13H2,1-2H3,(H2,26,34)(H2,27,28,30). The predicted octanol–water partition coefficient (Wildman–Crippen LogP) is 3.39. The normalized spacial score (nSPS) is 14.1. The SMILES string of the molecule is CCC(=O)N1CCC(c2ccc(Nc3cc(NCc4cnn(C)c4)c(C(N)=O)cn3)cc2)CC1. The van der Waals surface area contributed by atoms with Crippen molar-refractivity contribution in [3.8, 4) is 0 Å². The van der Waals surface area contributed by atoms with Crippen LogP contribution in [0.1, 0.15) is 53.6 Å². The second kappa shape index (κ2) is 10.4. The maximum Gasteiger partial charge on any atom is 0.252 e. The molecule has 0 radical (unpaired) electrons. The van der Waals surface area contributed by atoms with Crippen LogP contribution in [-0.4, -0.2) is 44.6 Å². The van der Waals surface area contributed by atoms with Crippen molar-refractivity contribution in [1.29, 1.82) is 0 Å². The molecule has 1 aliphatic rings. The molecule has 1 saturated heterocycles. The second-order valence-electron chi connectivity index (χ2n) is 8.61. The van der Waals surface area contributed by atoms with E-state index in [2.05, 4.69) is 32.8 Å². The van der Waals surface area contributed by atoms with Gasteiger partial charge in [0.05, 0.1) is 17.4 Å². The summed E-state index contributed by atoms with van der Waals surface area (Å²) >= 11 is 0. The Morgan fingerprint density at radius 3 is 2.50 bits per heavy atom. The van der Waals surface area contributed by atoms with E-state index in [1.807, 2.05) is 37.2 Å². The Morgan fingerprint density at radius 2 is 1.88 bits per heavy atom. The molecule has 1 fully saturated rings. The average Bonchev–Trinajstić information content (AvgIpc) is 3.28. The molecular weight excluding hydrogens is 430 g/mol. The van der Waals surface area contributed by atoms with Crippen LogP contribution < -0.4 is 16.4 Å². The number of rotatable bonds is 8. The predicted molar refractivity (Wildman–Crippen MR) is 132 cm³/mol. The summed E-state index contributed by atoms with van der Waals surface area (Å²) in [5.41, 5.74) is 9.65. The highest BCUT2D eigenvalue weighted by atomic mass is 16.2. The summed E-state index contributed by atoms with van der Waals surface area (Å²) < 4.78 is 1.73. The van der Waals surface area contributed by atoms with Crippen molar-refractivity contribution in [3.05, 3.63) is 65.6 Å². The molecule has 9 nitrogen and oxygen atoms in total. The summed E-state index contributed by atoms with van der Waals surface area (Å²) in [5, 5.41) is 10.7. The highest BCUT2D eigenvalue weighted by Gasteiger charge is 2.22. The molecule has 0 bridgehead atoms. The van der Waals surface area contributed by atoms with Crippen LogP contribution in [-0.2, 0) is 18.4 Å². The number of likely N-dealkylation sites (tertiary alicyclic amines) is 1. The van der Waals surface area contributed by atoms with E-state index in [-0.39, 0.29) is 5.91 Å². The van der Waals surface area contributed by atoms with Crippen LogP contribution in [0, 0.1) is 0 Å². The van der Waals surface area contributed by atoms with Gasteiger partial charge in [0.2, 0.25) is 5.91 Å². The molecular formula is C25H31N7O2. The first-order valence-electron chi connectivity index (χ1n) is 11.6. The number of anilines is 3. The fourth-order valence-corrected chi connectivity index (χ4v) is 4.30. The number of nitrogens with two attached hydrogens (primary N) is 1. The first kappa shape index (κ1) is 23.3. The molecule has 178 valence electrons. The van der Waals surface area contributed by atoms with Gasteiger partial charge in [-0.15, -0.1) is 0 Å². The molecule has 1 aliphatic heterocycles. The van der Waals surface area contributed by atoms with Crippen LogP contribution in [0.15, 0.2) is 48.9 Å². The lowest BCUT2D eigenvalue weighted by Gasteiger charge is -2.32. The number of aryl methyl sites for hydroxylation is 1. The third-order valence-electron chi connectivity index (χ3n) is 6.22. The molecule has 9 heteroatoms. The van der Waals surface area contributed by atoms with E-state index in [9.17, 15) is 9.59 Å². The Kier molecular flexibility index (Phi) is 7.10. The third-order valence-corrected chi connectivity index (χ3v) is 6.22. The van der Waals surface area contributed by atoms with E-state index in [1.165, 1.54) is 11.8 Å². The Bertz CT molecular complexity index is 1150. The fraction of sp³-hybridized carbons (Fsp3) is 0.360. The van der Waals surface area contributed by atoms with Gasteiger partial charge in [-0.1, -0.05) is 19.1 Å². The molecule has 34 heavy (non-hydrogen) atoms. The maximum atomic E-state index is 11.9. The van der Waals surface area contributed by atoms with Gasteiger partial charge < -0.3 is 21.3 Å². The van der Waals surface area contributed by atoms with Gasteiger partial charge in [-0.05, 0) is 36.5 Å². The van der Waals surface area contributed by atoms with Gasteiger partial charge in [-0.2, -0.15) is 5.10 Å². The lowest BCUT2D eigenvalue weighted by Crippen LogP contribution is -2.37. The van der Waals surface area contributed by atoms with Gasteiger partial charge in [0.25, 0.3) is 5.91 Å². The number of carbonyl (C=O) groups excluding carboxylic acids is 2. The quantitative estimate of drug-likeness (QED) is 0.473. The van der Waals surface area contributed by atoms with Crippen LogP contribution >= 0.6 is 0 Å². The molecule has 3 aromatic rings. The topological polar surface area (TPSA) is 118 Å². The summed E-state index contributed by atoms with van der Waals surface area (Å²) in [6.07, 6.45) is 7.70. The number of nitrogens with zero attached hydrogens (tertiary/aromatic N) is 4. The van der Waals surface area contributed by atoms with Gasteiger partial charge >= 0.3 is 0 Å². The zero-order valence-electron chi connectivity index (χ0n) is 19.6. The van der Waals surface area contributed by atoms with Crippen LogP contribution in [0.4, 0.5) is 17.2 Å². The van der Waals surface area contributed by atoms with Crippen molar-refractivity contribution in [2.45, 2.75) is 38.6 Å². The van der Waals surface area contributed by atoms with E-state index >= 15 is 0 Å². The minimum atomic E-state index is -0.538. The number of primary amides is 1. The summed E-state index contributed by atoms with van der Waals surface area (Å²) in [7, 11) is 1.86. The van der Waals surface area contributed by atoms with Crippen LogP contribution in [0.3, 0.4) is 0 Å². The lowest BCUT2D eigenvalue weighted by atomic mass is 9.89. The fourth-order valence-electron chi connectivity index (χ4n) is 4.30. The zero-order chi connectivity index (χ0) is 24.1. The highest BCUT2D eigenvalue weighted by Crippen LogP contribution is 2.30. The molecule has 1 aromatic carbocycles. The Hall–Kier alpha value is -3.88. The highest BCUT2D eigenvalue weighted by molar-refractivity contribution is 5.98. The Balaban J connectivity index is 1.41. The molecule has 2 amide bonds. The van der Waals surface area contributed by atoms with Gasteiger partial charge in [0.15, 0.2) is 0 Å². The molecule has 0 unspecified atom stereocenters. The first-order chi connectivity index (χ1) is 16.4. The van der Waals surface area contributed by atoms with Crippen molar-refractivity contribution in [3.63, 3.8) is 0 Å². The maximum absolute atomic E-state index is 11.9. The van der Waals surface area contributed by atoms with Crippen molar-refractivity contribution in [1.82, 2.24) is 19.7 Å². The molecule has 4 rings (SSSR count). The number of carbonyl (C=O) groups is 2. The molecule has 0 saturated carbocycles. The summed E-state index contributed by atoms with van der Waals surface area (Å²) in [5.74, 6) is 0.773. The number of nitrogens with one attached hydrogen (secondary N) is 2. The van der Waals surface area contributed by atoms with Crippen molar-refractivity contribution in [2.75, 3.05) is 23.7 Å². The summed E-state index contributed by atoms with van der Waals surface area (Å²) in [4.78, 5) is 30.1. The van der Waals surface area contributed by atoms with E-state index in [0.717, 1.165) is 37.2 Å². The Morgan fingerprint density at radius 1 is 1.15 bits per heavy atom. The molecule has 3 heterocycles. The number of piperidine rings is 1. The average molecular weight is 462 g/mol. The van der Waals surface area contributed by atoms with E-state index in [1.54, 1.807) is 16.9 Å². The van der Waals surface area contributed by atoms with Crippen molar-refractivity contribution in [2.24, 2.45) is 12.8 Å². The molecule has 0 atom stereocenters. The number of benzene rings is 1. The van der Waals surface area contributed by atoms with E-state index in [0.29, 0.717) is 36.0 Å². The van der Waals surface area contributed by atoms with Crippen LogP contribution in [0.25, 0.3) is 0 Å². The third kappa shape index (κ3) is 5.54. The summed E-state index contributed by atoms with van der Waals surface area (Å²) in [6.45, 7) is 4.07. The van der Waals surface area contributed by atoms with Crippen LogP contribution in [0.2, 0.25) is 0 Å². The number of hydrogen-bond acceptors (Lipinski definition) is 6. The van der Waals surface area contributed by atoms with E-state index < -0.39 is 5.91 Å². The first-order valence-corrected chi connectivity index (χ1v) is 11.6. The van der Waals surface area contributed by atoms with Gasteiger partial charge in [0.1, 0.15) is 5.82 Å². The number of pyridine rings is 1. The van der Waals surface area contributed by atoms with Crippen LogP contribution in [0.5, 0.6) is 0 Å². The van der Waals surface area contributed by atoms with Gasteiger partial charge in [0, 0.05) is 62.8 Å². The number of hydrogen-bond donors (Lipinski definition) is 3. The number of amides is 2. The van der Waals surface area contributed by atoms with Crippen molar-refractivity contribution < 1.29 is 9.59 Å². The molecule has 4 N–H and O–H groups in total. The number of aromatic nitrogens is 3. The minimum absolute atomic E-state index is 0.238. The second-order valence-corrected chi connectivity index (χ2v) is 8.61. The van der Waals surface area contributed by atoms with Crippen molar-refractivity contribution >= 4 is 29.0 Å². The molecule has 0 aliphatic carbocycles. The van der Waals surface area contributed by atoms with Gasteiger partial charge in [-0.25, -0.2) is 4.98 Å². The van der Waals surface area contributed by atoms with E-state index in [4.69, 9.17) is 5.73 Å². The Labute approximate surface area is 199 Å². The lowest BCUT2D eigenvalue weighted by molar-refractivity contribution is -0.131. The monoisotopic (exact) mass is 461 g/mol. The summed E-state index contributed by atoms with van der Waals surface area (Å²) in [6, 6.07) is 10.1.